The van der Waals surface area contributed by atoms with Gasteiger partial charge in [0.05, 0.1) is 10.5 Å². The summed E-state index contributed by atoms with van der Waals surface area (Å²) in [5.74, 6) is -0.578. The summed E-state index contributed by atoms with van der Waals surface area (Å²) in [6.45, 7) is 7.25. The Balaban J connectivity index is 1.93. The maximum absolute atomic E-state index is 12.2. The van der Waals surface area contributed by atoms with Crippen molar-refractivity contribution >= 4 is 23.3 Å². The number of esters is 1. The molecule has 154 valence electrons. The molecule has 1 N–H and O–H groups in total. The molecule has 0 aromatic heterocycles. The van der Waals surface area contributed by atoms with Crippen LogP contribution in [-0.4, -0.2) is 42.5 Å². The lowest BCUT2D eigenvalue weighted by atomic mass is 10.0. The molecule has 28 heavy (non-hydrogen) atoms. The van der Waals surface area contributed by atoms with Gasteiger partial charge in [0.15, 0.2) is 6.61 Å². The van der Waals surface area contributed by atoms with Crippen LogP contribution in [0.15, 0.2) is 18.2 Å². The molecule has 0 unspecified atom stereocenters. The number of nitro benzene ring substituents is 1. The van der Waals surface area contributed by atoms with E-state index in [1.165, 1.54) is 12.1 Å². The Bertz CT molecular complexity index is 714. The quantitative estimate of drug-likeness (QED) is 0.394. The number of nitrogens with zero attached hydrogens (tertiary/aromatic N) is 2. The summed E-state index contributed by atoms with van der Waals surface area (Å²) in [6.07, 6.45) is 3.83. The number of amides is 1. The Kier molecular flexibility index (Phi) is 7.78. The molecule has 0 spiro atoms. The third-order valence-electron chi connectivity index (χ3n) is 4.77. The van der Waals surface area contributed by atoms with Crippen LogP contribution in [0, 0.1) is 16.0 Å². The summed E-state index contributed by atoms with van der Waals surface area (Å²) in [5, 5.41) is 14.2. The second-order valence-corrected chi connectivity index (χ2v) is 7.67. The minimum absolute atomic E-state index is 0.00515. The number of nitrogens with one attached hydrogen (secondary N) is 1. The van der Waals surface area contributed by atoms with Gasteiger partial charge in [0.25, 0.3) is 11.6 Å². The molecule has 1 fully saturated rings. The first-order valence-electron chi connectivity index (χ1n) is 9.77. The van der Waals surface area contributed by atoms with Crippen LogP contribution in [0.4, 0.5) is 11.4 Å². The van der Waals surface area contributed by atoms with Crippen LogP contribution in [0.25, 0.3) is 0 Å². The number of benzene rings is 1. The molecule has 0 saturated carbocycles. The van der Waals surface area contributed by atoms with Crippen LogP contribution >= 0.6 is 0 Å². The number of anilines is 1. The molecule has 1 aliphatic heterocycles. The smallest absolute Gasteiger partial charge is 0.338 e. The van der Waals surface area contributed by atoms with Crippen molar-refractivity contribution in [3.8, 4) is 0 Å². The standard InChI is InChI=1S/C20H29N3O5/c1-14(2)6-7-15(3)21-19(24)13-28-20(25)16-8-9-17(18(12-16)23(26)27)22-10-4-5-11-22/h8-9,12,14-15H,4-7,10-11,13H2,1-3H3,(H,21,24)/t15-/m0/s1. The second-order valence-electron chi connectivity index (χ2n) is 7.67. The Hall–Kier alpha value is -2.64. The van der Waals surface area contributed by atoms with Gasteiger partial charge in [-0.3, -0.25) is 14.9 Å². The highest BCUT2D eigenvalue weighted by Gasteiger charge is 2.24. The normalized spacial score (nSPS) is 14.8. The van der Waals surface area contributed by atoms with E-state index in [1.807, 2.05) is 11.8 Å². The van der Waals surface area contributed by atoms with Crippen LogP contribution in [-0.2, 0) is 9.53 Å². The molecule has 8 nitrogen and oxygen atoms in total. The number of carbonyl (C=O) groups excluding carboxylic acids is 2. The van der Waals surface area contributed by atoms with Gasteiger partial charge < -0.3 is 15.0 Å². The molecule has 8 heteroatoms. The first-order chi connectivity index (χ1) is 13.3. The number of hydrogen-bond acceptors (Lipinski definition) is 6. The summed E-state index contributed by atoms with van der Waals surface area (Å²) < 4.78 is 5.03. The number of ether oxygens (including phenoxy) is 1. The van der Waals surface area contributed by atoms with Crippen LogP contribution < -0.4 is 10.2 Å². The summed E-state index contributed by atoms with van der Waals surface area (Å²) in [6, 6.07) is 4.30. The minimum Gasteiger partial charge on any atom is -0.452 e. The fourth-order valence-electron chi connectivity index (χ4n) is 3.21. The van der Waals surface area contributed by atoms with E-state index in [9.17, 15) is 19.7 Å². The molecule has 1 saturated heterocycles. The summed E-state index contributed by atoms with van der Waals surface area (Å²) in [4.78, 5) is 37.0. The van der Waals surface area contributed by atoms with E-state index in [0.717, 1.165) is 38.8 Å². The van der Waals surface area contributed by atoms with Gasteiger partial charge in [0.1, 0.15) is 5.69 Å². The van der Waals surface area contributed by atoms with Crippen molar-refractivity contribution in [3.63, 3.8) is 0 Å². The highest BCUT2D eigenvalue weighted by molar-refractivity contribution is 5.93. The maximum atomic E-state index is 12.2. The topological polar surface area (TPSA) is 102 Å². The molecule has 1 aliphatic rings. The van der Waals surface area contributed by atoms with Crippen LogP contribution in [0.3, 0.4) is 0 Å². The van der Waals surface area contributed by atoms with Crippen molar-refractivity contribution in [3.05, 3.63) is 33.9 Å². The second kappa shape index (κ2) is 10.1. The highest BCUT2D eigenvalue weighted by Crippen LogP contribution is 2.31. The molecule has 1 heterocycles. The zero-order valence-corrected chi connectivity index (χ0v) is 16.8. The molecule has 1 atom stereocenters. The van der Waals surface area contributed by atoms with Crippen molar-refractivity contribution in [2.45, 2.75) is 52.5 Å². The van der Waals surface area contributed by atoms with E-state index in [0.29, 0.717) is 11.6 Å². The summed E-state index contributed by atoms with van der Waals surface area (Å²) >= 11 is 0. The van der Waals surface area contributed by atoms with Crippen molar-refractivity contribution in [1.82, 2.24) is 5.32 Å². The van der Waals surface area contributed by atoms with Gasteiger partial charge in [-0.05, 0) is 50.7 Å². The van der Waals surface area contributed by atoms with Gasteiger partial charge >= 0.3 is 5.97 Å². The SMILES string of the molecule is CC(C)CC[C@H](C)NC(=O)COC(=O)c1ccc(N2CCCC2)c([N+](=O)[O-])c1. The minimum atomic E-state index is -0.749. The zero-order valence-electron chi connectivity index (χ0n) is 16.8. The molecular weight excluding hydrogens is 362 g/mol. The predicted octanol–water partition coefficient (Wildman–Crippen LogP) is 3.29. The first kappa shape index (κ1) is 21.7. The predicted molar refractivity (Wildman–Crippen MR) is 107 cm³/mol. The molecule has 0 bridgehead atoms. The lowest BCUT2D eigenvalue weighted by molar-refractivity contribution is -0.384. The van der Waals surface area contributed by atoms with Gasteiger partial charge in [-0.15, -0.1) is 0 Å². The van der Waals surface area contributed by atoms with Crippen molar-refractivity contribution in [2.24, 2.45) is 5.92 Å². The Morgan fingerprint density at radius 3 is 2.50 bits per heavy atom. The number of nitro groups is 1. The monoisotopic (exact) mass is 391 g/mol. The molecule has 2 rings (SSSR count). The van der Waals surface area contributed by atoms with Gasteiger partial charge in [-0.25, -0.2) is 4.79 Å². The number of rotatable bonds is 9. The lowest BCUT2D eigenvalue weighted by Gasteiger charge is -2.18. The third-order valence-corrected chi connectivity index (χ3v) is 4.77. The molecule has 0 aliphatic carbocycles. The van der Waals surface area contributed by atoms with Gasteiger partial charge in [-0.1, -0.05) is 13.8 Å². The van der Waals surface area contributed by atoms with Crippen molar-refractivity contribution < 1.29 is 19.2 Å². The Morgan fingerprint density at radius 2 is 1.89 bits per heavy atom. The molecule has 0 radical (unpaired) electrons. The third kappa shape index (κ3) is 6.21. The zero-order chi connectivity index (χ0) is 20.7. The van der Waals surface area contributed by atoms with E-state index in [2.05, 4.69) is 19.2 Å². The van der Waals surface area contributed by atoms with Gasteiger partial charge in [0, 0.05) is 25.2 Å². The first-order valence-corrected chi connectivity index (χ1v) is 9.77. The maximum Gasteiger partial charge on any atom is 0.338 e. The molecule has 1 aromatic rings. The largest absolute Gasteiger partial charge is 0.452 e. The number of carbonyl (C=O) groups is 2. The fourth-order valence-corrected chi connectivity index (χ4v) is 3.21. The van der Waals surface area contributed by atoms with E-state index >= 15 is 0 Å². The van der Waals surface area contributed by atoms with E-state index < -0.39 is 17.5 Å². The summed E-state index contributed by atoms with van der Waals surface area (Å²) in [5.41, 5.74) is 0.453. The van der Waals surface area contributed by atoms with Gasteiger partial charge in [-0.2, -0.15) is 0 Å². The average Bonchev–Trinajstić information content (AvgIpc) is 3.18. The van der Waals surface area contributed by atoms with Crippen LogP contribution in [0.2, 0.25) is 0 Å². The lowest BCUT2D eigenvalue weighted by Crippen LogP contribution is -2.36. The van der Waals surface area contributed by atoms with Crippen molar-refractivity contribution in [2.75, 3.05) is 24.6 Å². The molecule has 1 aromatic carbocycles. The van der Waals surface area contributed by atoms with E-state index in [-0.39, 0.29) is 23.2 Å². The van der Waals surface area contributed by atoms with Crippen LogP contribution in [0.5, 0.6) is 0 Å². The van der Waals surface area contributed by atoms with E-state index in [1.54, 1.807) is 6.07 Å². The van der Waals surface area contributed by atoms with E-state index in [4.69, 9.17) is 4.74 Å². The Labute approximate surface area is 165 Å². The summed E-state index contributed by atoms with van der Waals surface area (Å²) in [7, 11) is 0. The van der Waals surface area contributed by atoms with Crippen LogP contribution in [0.1, 0.15) is 56.8 Å². The van der Waals surface area contributed by atoms with Gasteiger partial charge in [0.2, 0.25) is 0 Å². The van der Waals surface area contributed by atoms with Crippen molar-refractivity contribution in [1.29, 1.82) is 0 Å². The molecular formula is C20H29N3O5. The average molecular weight is 391 g/mol. The Morgan fingerprint density at radius 1 is 1.21 bits per heavy atom. The fraction of sp³-hybridized carbons (Fsp3) is 0.600. The number of hydrogen-bond donors (Lipinski definition) is 1. The highest BCUT2D eigenvalue weighted by atomic mass is 16.6. The molecule has 1 amide bonds.